The van der Waals surface area contributed by atoms with E-state index in [1.165, 1.54) is 0 Å². The number of benzene rings is 1. The number of nitrogens with zero attached hydrogens (tertiary/aromatic N) is 3. The van der Waals surface area contributed by atoms with E-state index in [0.717, 1.165) is 5.56 Å². The SMILES string of the molecule is COc1ccc(C(CN)c2nn[nH]n2)cc1OC. The Labute approximate surface area is 104 Å². The van der Waals surface area contributed by atoms with E-state index in [4.69, 9.17) is 15.2 Å². The van der Waals surface area contributed by atoms with Gasteiger partial charge in [-0.3, -0.25) is 0 Å². The molecule has 18 heavy (non-hydrogen) atoms. The van der Waals surface area contributed by atoms with E-state index < -0.39 is 0 Å². The van der Waals surface area contributed by atoms with E-state index in [9.17, 15) is 0 Å². The molecule has 3 N–H and O–H groups in total. The van der Waals surface area contributed by atoms with E-state index in [0.29, 0.717) is 23.9 Å². The van der Waals surface area contributed by atoms with Gasteiger partial charge in [-0.1, -0.05) is 11.3 Å². The van der Waals surface area contributed by atoms with Crippen LogP contribution in [0.5, 0.6) is 11.5 Å². The number of tetrazole rings is 1. The summed E-state index contributed by atoms with van der Waals surface area (Å²) < 4.78 is 10.4. The minimum absolute atomic E-state index is 0.122. The Morgan fingerprint density at radius 3 is 2.61 bits per heavy atom. The maximum absolute atomic E-state index is 5.76. The van der Waals surface area contributed by atoms with Gasteiger partial charge in [0.1, 0.15) is 0 Å². The van der Waals surface area contributed by atoms with Gasteiger partial charge >= 0.3 is 0 Å². The molecule has 0 amide bonds. The maximum atomic E-state index is 5.76. The molecular formula is C11H15N5O2. The summed E-state index contributed by atoms with van der Waals surface area (Å²) in [6.45, 7) is 0.384. The lowest BCUT2D eigenvalue weighted by molar-refractivity contribution is 0.354. The van der Waals surface area contributed by atoms with Crippen molar-refractivity contribution in [2.24, 2.45) is 5.73 Å². The van der Waals surface area contributed by atoms with Crippen molar-refractivity contribution in [3.8, 4) is 11.5 Å². The Morgan fingerprint density at radius 1 is 1.28 bits per heavy atom. The van der Waals surface area contributed by atoms with Gasteiger partial charge in [-0.15, -0.1) is 10.2 Å². The molecule has 1 aromatic carbocycles. The van der Waals surface area contributed by atoms with Gasteiger partial charge in [-0.25, -0.2) is 0 Å². The average molecular weight is 249 g/mol. The molecule has 0 bridgehead atoms. The van der Waals surface area contributed by atoms with Crippen LogP contribution in [0, 0.1) is 0 Å². The average Bonchev–Trinajstić information content (AvgIpc) is 2.93. The van der Waals surface area contributed by atoms with Crippen LogP contribution in [0.3, 0.4) is 0 Å². The number of hydrogen-bond donors (Lipinski definition) is 2. The van der Waals surface area contributed by atoms with Crippen LogP contribution in [0.4, 0.5) is 0 Å². The van der Waals surface area contributed by atoms with E-state index in [2.05, 4.69) is 20.6 Å². The second-order valence-corrected chi connectivity index (χ2v) is 3.67. The topological polar surface area (TPSA) is 98.9 Å². The van der Waals surface area contributed by atoms with Gasteiger partial charge in [-0.2, -0.15) is 5.21 Å². The van der Waals surface area contributed by atoms with Gasteiger partial charge in [0, 0.05) is 6.54 Å². The minimum atomic E-state index is -0.122. The lowest BCUT2D eigenvalue weighted by Gasteiger charge is -2.14. The summed E-state index contributed by atoms with van der Waals surface area (Å²) in [5, 5.41) is 13.9. The molecule has 1 atom stereocenters. The Balaban J connectivity index is 2.37. The minimum Gasteiger partial charge on any atom is -0.493 e. The van der Waals surface area contributed by atoms with Crippen molar-refractivity contribution >= 4 is 0 Å². The molecule has 2 aromatic rings. The summed E-state index contributed by atoms with van der Waals surface area (Å²) in [5.74, 6) is 1.76. The molecule has 0 aliphatic rings. The van der Waals surface area contributed by atoms with Crippen molar-refractivity contribution in [2.75, 3.05) is 20.8 Å². The van der Waals surface area contributed by atoms with Crippen molar-refractivity contribution in [1.82, 2.24) is 20.6 Å². The maximum Gasteiger partial charge on any atom is 0.183 e. The number of ether oxygens (including phenoxy) is 2. The first-order valence-corrected chi connectivity index (χ1v) is 5.45. The molecule has 1 unspecified atom stereocenters. The van der Waals surface area contributed by atoms with E-state index in [-0.39, 0.29) is 5.92 Å². The summed E-state index contributed by atoms with van der Waals surface area (Å²) in [7, 11) is 3.19. The summed E-state index contributed by atoms with van der Waals surface area (Å²) >= 11 is 0. The molecule has 0 radical (unpaired) electrons. The Morgan fingerprint density at radius 2 is 2.06 bits per heavy atom. The smallest absolute Gasteiger partial charge is 0.183 e. The Bertz CT molecular complexity index is 500. The fourth-order valence-electron chi connectivity index (χ4n) is 1.78. The number of H-pyrrole nitrogens is 1. The van der Waals surface area contributed by atoms with Gasteiger partial charge in [0.05, 0.1) is 20.1 Å². The van der Waals surface area contributed by atoms with Crippen LogP contribution < -0.4 is 15.2 Å². The molecule has 96 valence electrons. The predicted molar refractivity (Wildman–Crippen MR) is 64.6 cm³/mol. The van der Waals surface area contributed by atoms with E-state index in [1.807, 2.05) is 18.2 Å². The number of aromatic nitrogens is 4. The highest BCUT2D eigenvalue weighted by molar-refractivity contribution is 5.45. The fraction of sp³-hybridized carbons (Fsp3) is 0.364. The van der Waals surface area contributed by atoms with Gasteiger partial charge < -0.3 is 15.2 Å². The molecule has 1 heterocycles. The van der Waals surface area contributed by atoms with Crippen LogP contribution in [0.2, 0.25) is 0 Å². The zero-order chi connectivity index (χ0) is 13.0. The lowest BCUT2D eigenvalue weighted by Crippen LogP contribution is -2.15. The van der Waals surface area contributed by atoms with Crippen molar-refractivity contribution < 1.29 is 9.47 Å². The lowest BCUT2D eigenvalue weighted by atomic mass is 9.98. The molecule has 0 saturated carbocycles. The first-order chi connectivity index (χ1) is 8.80. The zero-order valence-electron chi connectivity index (χ0n) is 10.3. The van der Waals surface area contributed by atoms with Crippen molar-refractivity contribution in [2.45, 2.75) is 5.92 Å². The number of rotatable bonds is 5. The van der Waals surface area contributed by atoms with Crippen molar-refractivity contribution in [3.05, 3.63) is 29.6 Å². The number of nitrogens with two attached hydrogens (primary N) is 1. The first kappa shape index (κ1) is 12.3. The van der Waals surface area contributed by atoms with Gasteiger partial charge in [0.15, 0.2) is 17.3 Å². The molecule has 1 aromatic heterocycles. The molecular weight excluding hydrogens is 234 g/mol. The summed E-state index contributed by atoms with van der Waals surface area (Å²) in [6, 6.07) is 5.61. The van der Waals surface area contributed by atoms with Gasteiger partial charge in [-0.05, 0) is 17.7 Å². The molecule has 0 aliphatic carbocycles. The standard InChI is InChI=1S/C11H15N5O2/c1-17-9-4-3-7(5-10(9)18-2)8(6-12)11-13-15-16-14-11/h3-5,8H,6,12H2,1-2H3,(H,13,14,15,16). The summed E-state index contributed by atoms with van der Waals surface area (Å²) in [4.78, 5) is 0. The summed E-state index contributed by atoms with van der Waals surface area (Å²) in [6.07, 6.45) is 0. The number of nitrogens with one attached hydrogen (secondary N) is 1. The highest BCUT2D eigenvalue weighted by Crippen LogP contribution is 2.31. The number of aromatic amines is 1. The highest BCUT2D eigenvalue weighted by atomic mass is 16.5. The van der Waals surface area contributed by atoms with Crippen LogP contribution in [0.25, 0.3) is 0 Å². The fourth-order valence-corrected chi connectivity index (χ4v) is 1.78. The third kappa shape index (κ3) is 2.25. The highest BCUT2D eigenvalue weighted by Gasteiger charge is 2.18. The molecule has 0 aliphatic heterocycles. The molecule has 0 spiro atoms. The molecule has 0 fully saturated rings. The largest absolute Gasteiger partial charge is 0.493 e. The Kier molecular flexibility index (Phi) is 3.73. The number of hydrogen-bond acceptors (Lipinski definition) is 6. The van der Waals surface area contributed by atoms with Crippen LogP contribution in [-0.2, 0) is 0 Å². The zero-order valence-corrected chi connectivity index (χ0v) is 10.3. The van der Waals surface area contributed by atoms with E-state index in [1.54, 1.807) is 14.2 Å². The van der Waals surface area contributed by atoms with E-state index >= 15 is 0 Å². The Hall–Kier alpha value is -2.15. The monoisotopic (exact) mass is 249 g/mol. The second kappa shape index (κ2) is 5.46. The normalized spacial score (nSPS) is 12.2. The molecule has 2 rings (SSSR count). The number of methoxy groups -OCH3 is 2. The van der Waals surface area contributed by atoms with Crippen LogP contribution >= 0.6 is 0 Å². The summed E-state index contributed by atoms with van der Waals surface area (Å²) in [5.41, 5.74) is 6.72. The van der Waals surface area contributed by atoms with Gasteiger partial charge in [0.25, 0.3) is 0 Å². The van der Waals surface area contributed by atoms with Crippen molar-refractivity contribution in [3.63, 3.8) is 0 Å². The second-order valence-electron chi connectivity index (χ2n) is 3.67. The molecule has 0 saturated heterocycles. The van der Waals surface area contributed by atoms with Gasteiger partial charge in [0.2, 0.25) is 0 Å². The molecule has 7 nitrogen and oxygen atoms in total. The third-order valence-corrected chi connectivity index (χ3v) is 2.72. The molecule has 7 heteroatoms. The van der Waals surface area contributed by atoms with Crippen molar-refractivity contribution in [1.29, 1.82) is 0 Å². The first-order valence-electron chi connectivity index (χ1n) is 5.45. The predicted octanol–water partition coefficient (Wildman–Crippen LogP) is 0.307. The van der Waals surface area contributed by atoms with Crippen LogP contribution in [0.15, 0.2) is 18.2 Å². The third-order valence-electron chi connectivity index (χ3n) is 2.72. The van der Waals surface area contributed by atoms with Crippen LogP contribution in [-0.4, -0.2) is 41.4 Å². The quantitative estimate of drug-likeness (QED) is 0.791. The van der Waals surface area contributed by atoms with Crippen LogP contribution in [0.1, 0.15) is 17.3 Å².